The summed E-state index contributed by atoms with van der Waals surface area (Å²) in [4.78, 5) is 21.2. The first-order valence-corrected chi connectivity index (χ1v) is 6.25. The van der Waals surface area contributed by atoms with E-state index in [-0.39, 0.29) is 5.69 Å². The molecule has 0 atom stereocenters. The predicted octanol–water partition coefficient (Wildman–Crippen LogP) is 4.38. The lowest BCUT2D eigenvalue weighted by molar-refractivity contribution is 0.305. The van der Waals surface area contributed by atoms with Crippen LogP contribution in [0.2, 0.25) is 0 Å². The summed E-state index contributed by atoms with van der Waals surface area (Å²) in [6.07, 6.45) is 0. The smallest absolute Gasteiger partial charge is 0.153 e. The Hall–Kier alpha value is -2.76. The monoisotopic (exact) mass is 286 g/mol. The zero-order valence-electron chi connectivity index (χ0n) is 11.7. The highest BCUT2D eigenvalue weighted by Crippen LogP contribution is 2.31. The van der Waals surface area contributed by atoms with Crippen molar-refractivity contribution in [1.82, 2.24) is 0 Å². The van der Waals surface area contributed by atoms with Crippen LogP contribution in [-0.4, -0.2) is 7.11 Å². The Labute approximate surface area is 121 Å². The fraction of sp³-hybridized carbons (Fsp3) is 0.200. The molecule has 21 heavy (non-hydrogen) atoms. The normalized spacial score (nSPS) is 10.0. The molecule has 2 rings (SSSR count). The number of hydrogen-bond donors (Lipinski definition) is 0. The highest BCUT2D eigenvalue weighted by Gasteiger charge is 2.06. The van der Waals surface area contributed by atoms with Gasteiger partial charge < -0.3 is 9.47 Å². The van der Waals surface area contributed by atoms with Crippen LogP contribution in [0.1, 0.15) is 11.1 Å². The van der Waals surface area contributed by atoms with Gasteiger partial charge in [0.05, 0.1) is 7.11 Å². The number of nitroso groups, excluding NO2 is 2. The maximum Gasteiger partial charge on any atom is 0.153 e. The van der Waals surface area contributed by atoms with E-state index in [2.05, 4.69) is 10.4 Å². The van der Waals surface area contributed by atoms with Crippen LogP contribution in [0.15, 0.2) is 46.8 Å². The molecule has 0 aliphatic heterocycles. The lowest BCUT2D eigenvalue weighted by Crippen LogP contribution is -1.96. The average Bonchev–Trinajstić information content (AvgIpc) is 2.52. The van der Waals surface area contributed by atoms with Gasteiger partial charge in [-0.05, 0) is 46.6 Å². The van der Waals surface area contributed by atoms with Gasteiger partial charge in [-0.1, -0.05) is 12.1 Å². The molecule has 0 spiro atoms. The van der Waals surface area contributed by atoms with E-state index in [9.17, 15) is 9.81 Å². The van der Waals surface area contributed by atoms with E-state index in [0.29, 0.717) is 23.8 Å². The molecule has 0 aliphatic carbocycles. The third-order valence-corrected chi connectivity index (χ3v) is 3.01. The van der Waals surface area contributed by atoms with E-state index in [1.807, 2.05) is 13.0 Å². The fourth-order valence-electron chi connectivity index (χ4n) is 1.91. The highest BCUT2D eigenvalue weighted by atomic mass is 16.5. The summed E-state index contributed by atoms with van der Waals surface area (Å²) in [6, 6.07) is 10.1. The molecular formula is C15H14N2O4. The van der Waals surface area contributed by atoms with E-state index >= 15 is 0 Å². The fourth-order valence-corrected chi connectivity index (χ4v) is 1.91. The van der Waals surface area contributed by atoms with E-state index in [1.165, 1.54) is 13.2 Å². The molecule has 2 aromatic rings. The largest absolute Gasteiger partial charge is 0.494 e. The standard InChI is InChI=1S/C15H14N2O4/c1-10-7-11(3-5-13(10)16-18)9-21-12-4-6-15(20-2)14(8-12)17-19/h3-8H,9H2,1-2H3. The van der Waals surface area contributed by atoms with E-state index in [0.717, 1.165) is 11.1 Å². The predicted molar refractivity (Wildman–Crippen MR) is 79.4 cm³/mol. The number of hydrogen-bond acceptors (Lipinski definition) is 6. The first kappa shape index (κ1) is 14.6. The van der Waals surface area contributed by atoms with Crippen molar-refractivity contribution >= 4 is 11.4 Å². The van der Waals surface area contributed by atoms with Crippen LogP contribution in [-0.2, 0) is 6.61 Å². The zero-order chi connectivity index (χ0) is 15.2. The van der Waals surface area contributed by atoms with Crippen molar-refractivity contribution in [2.45, 2.75) is 13.5 Å². The van der Waals surface area contributed by atoms with Crippen LogP contribution >= 0.6 is 0 Å². The quantitative estimate of drug-likeness (QED) is 0.738. The molecule has 0 radical (unpaired) electrons. The third-order valence-electron chi connectivity index (χ3n) is 3.01. The Morgan fingerprint density at radius 2 is 1.76 bits per heavy atom. The lowest BCUT2D eigenvalue weighted by Gasteiger charge is -2.09. The van der Waals surface area contributed by atoms with Crippen LogP contribution in [0.25, 0.3) is 0 Å². The Kier molecular flexibility index (Phi) is 4.61. The Morgan fingerprint density at radius 1 is 1.00 bits per heavy atom. The zero-order valence-corrected chi connectivity index (χ0v) is 11.7. The second-order valence-corrected chi connectivity index (χ2v) is 4.43. The van der Waals surface area contributed by atoms with Crippen molar-refractivity contribution < 1.29 is 9.47 Å². The summed E-state index contributed by atoms with van der Waals surface area (Å²) < 4.78 is 10.6. The van der Waals surface area contributed by atoms with Crippen LogP contribution in [0.5, 0.6) is 11.5 Å². The summed E-state index contributed by atoms with van der Waals surface area (Å²) >= 11 is 0. The molecule has 0 aliphatic rings. The number of nitrogens with zero attached hydrogens (tertiary/aromatic N) is 2. The average molecular weight is 286 g/mol. The second kappa shape index (κ2) is 6.60. The minimum absolute atomic E-state index is 0.187. The molecule has 6 nitrogen and oxygen atoms in total. The molecule has 0 aromatic heterocycles. The molecule has 0 unspecified atom stereocenters. The van der Waals surface area contributed by atoms with Crippen molar-refractivity contribution in [2.24, 2.45) is 10.4 Å². The van der Waals surface area contributed by atoms with Crippen molar-refractivity contribution in [1.29, 1.82) is 0 Å². The summed E-state index contributed by atoms with van der Waals surface area (Å²) in [5.41, 5.74) is 2.29. The van der Waals surface area contributed by atoms with Gasteiger partial charge >= 0.3 is 0 Å². The molecule has 0 saturated carbocycles. The van der Waals surface area contributed by atoms with Crippen molar-refractivity contribution in [3.63, 3.8) is 0 Å². The Bertz CT molecular complexity index is 671. The Balaban J connectivity index is 2.11. The number of benzene rings is 2. The number of aryl methyl sites for hydroxylation is 1. The van der Waals surface area contributed by atoms with Gasteiger partial charge in [-0.2, -0.15) is 0 Å². The summed E-state index contributed by atoms with van der Waals surface area (Å²) in [6.45, 7) is 2.12. The molecule has 6 heteroatoms. The van der Waals surface area contributed by atoms with Gasteiger partial charge in [0.15, 0.2) is 5.69 Å². The van der Waals surface area contributed by atoms with Gasteiger partial charge in [-0.3, -0.25) is 0 Å². The summed E-state index contributed by atoms with van der Waals surface area (Å²) in [7, 11) is 1.47. The first-order valence-electron chi connectivity index (χ1n) is 6.25. The van der Waals surface area contributed by atoms with Gasteiger partial charge in [0.1, 0.15) is 23.8 Å². The van der Waals surface area contributed by atoms with E-state index in [1.54, 1.807) is 24.3 Å². The number of methoxy groups -OCH3 is 1. The third kappa shape index (κ3) is 3.42. The molecule has 0 amide bonds. The van der Waals surface area contributed by atoms with Crippen LogP contribution in [0.3, 0.4) is 0 Å². The molecule has 0 heterocycles. The van der Waals surface area contributed by atoms with Crippen LogP contribution < -0.4 is 9.47 Å². The number of ether oxygens (including phenoxy) is 2. The second-order valence-electron chi connectivity index (χ2n) is 4.43. The molecule has 0 fully saturated rings. The van der Waals surface area contributed by atoms with Crippen molar-refractivity contribution in [2.75, 3.05) is 7.11 Å². The van der Waals surface area contributed by atoms with Crippen LogP contribution in [0.4, 0.5) is 11.4 Å². The molecular weight excluding hydrogens is 272 g/mol. The SMILES string of the molecule is COc1ccc(OCc2ccc(N=O)c(C)c2)cc1N=O. The first-order chi connectivity index (χ1) is 10.2. The summed E-state index contributed by atoms with van der Waals surface area (Å²) in [5, 5.41) is 5.81. The van der Waals surface area contributed by atoms with Gasteiger partial charge in [0, 0.05) is 6.07 Å². The minimum atomic E-state index is 0.187. The topological polar surface area (TPSA) is 77.3 Å². The van der Waals surface area contributed by atoms with E-state index in [4.69, 9.17) is 9.47 Å². The van der Waals surface area contributed by atoms with Gasteiger partial charge in [-0.25, -0.2) is 0 Å². The molecule has 108 valence electrons. The van der Waals surface area contributed by atoms with E-state index < -0.39 is 0 Å². The van der Waals surface area contributed by atoms with Gasteiger partial charge in [0.25, 0.3) is 0 Å². The minimum Gasteiger partial charge on any atom is -0.494 e. The lowest BCUT2D eigenvalue weighted by atomic mass is 10.1. The Morgan fingerprint density at radius 3 is 2.38 bits per heavy atom. The maximum atomic E-state index is 10.7. The molecule has 0 bridgehead atoms. The number of rotatable bonds is 6. The van der Waals surface area contributed by atoms with Gasteiger partial charge in [-0.15, -0.1) is 9.81 Å². The molecule has 2 aromatic carbocycles. The maximum absolute atomic E-state index is 10.7. The van der Waals surface area contributed by atoms with Crippen molar-refractivity contribution in [3.05, 3.63) is 57.3 Å². The summed E-state index contributed by atoms with van der Waals surface area (Å²) in [5.74, 6) is 0.912. The molecule has 0 N–H and O–H groups in total. The van der Waals surface area contributed by atoms with Crippen LogP contribution in [0, 0.1) is 16.7 Å². The molecule has 0 saturated heterocycles. The van der Waals surface area contributed by atoms with Gasteiger partial charge in [0.2, 0.25) is 0 Å². The highest BCUT2D eigenvalue weighted by molar-refractivity contribution is 5.55. The van der Waals surface area contributed by atoms with Crippen molar-refractivity contribution in [3.8, 4) is 11.5 Å².